The van der Waals surface area contributed by atoms with Gasteiger partial charge in [-0.25, -0.2) is 0 Å². The van der Waals surface area contributed by atoms with E-state index in [1.807, 2.05) is 0 Å². The Morgan fingerprint density at radius 3 is 2.78 bits per heavy atom. The summed E-state index contributed by atoms with van der Waals surface area (Å²) in [5.74, 6) is -2.36. The first kappa shape index (κ1) is 14.3. The number of rotatable bonds is 5. The molecule has 0 radical (unpaired) electrons. The van der Waals surface area contributed by atoms with Crippen molar-refractivity contribution < 1.29 is 22.9 Å². The molecule has 0 aromatic carbocycles. The molecule has 0 aliphatic rings. The highest BCUT2D eigenvalue weighted by Gasteiger charge is 2.42. The lowest BCUT2D eigenvalue weighted by atomic mass is 10.1. The number of aryl methyl sites for hydroxylation is 1. The van der Waals surface area contributed by atoms with E-state index in [4.69, 9.17) is 15.5 Å². The summed E-state index contributed by atoms with van der Waals surface area (Å²) in [5, 5.41) is 16.8. The number of alkyl halides is 3. The molecule has 0 saturated carbocycles. The van der Waals surface area contributed by atoms with E-state index in [1.54, 1.807) is 13.0 Å². The number of halogens is 3. The molecule has 6 nitrogen and oxygen atoms in total. The fraction of sp³-hybridized carbons (Fsp3) is 0.556. The summed E-state index contributed by atoms with van der Waals surface area (Å²) in [6.07, 6.45) is -4.58. The summed E-state index contributed by atoms with van der Waals surface area (Å²) < 4.78 is 42.4. The maximum atomic E-state index is 12.5. The van der Waals surface area contributed by atoms with E-state index >= 15 is 0 Å². The average Bonchev–Trinajstić information content (AvgIpc) is 2.68. The van der Waals surface area contributed by atoms with Crippen molar-refractivity contribution >= 4 is 5.84 Å². The largest absolute Gasteiger partial charge is 0.409 e. The number of hydrogen-bond donors (Lipinski definition) is 3. The molecular weight excluding hydrogens is 253 g/mol. The molecule has 102 valence electrons. The zero-order chi connectivity index (χ0) is 13.8. The van der Waals surface area contributed by atoms with Crippen molar-refractivity contribution in [1.29, 1.82) is 0 Å². The second-order valence-corrected chi connectivity index (χ2v) is 3.68. The van der Waals surface area contributed by atoms with Crippen LogP contribution in [-0.2, 0) is 6.54 Å². The van der Waals surface area contributed by atoms with Crippen LogP contribution in [0.5, 0.6) is 0 Å². The van der Waals surface area contributed by atoms with E-state index in [0.29, 0.717) is 11.5 Å². The highest BCUT2D eigenvalue weighted by Crippen LogP contribution is 2.25. The first-order valence-corrected chi connectivity index (χ1v) is 5.01. The first-order valence-electron chi connectivity index (χ1n) is 5.01. The quantitative estimate of drug-likeness (QED) is 0.320. The fourth-order valence-corrected chi connectivity index (χ4v) is 1.30. The minimum atomic E-state index is -4.58. The maximum absolute atomic E-state index is 12.5. The van der Waals surface area contributed by atoms with Gasteiger partial charge in [-0.3, -0.25) is 0 Å². The fourth-order valence-electron chi connectivity index (χ4n) is 1.30. The zero-order valence-electron chi connectivity index (χ0n) is 9.53. The van der Waals surface area contributed by atoms with Crippen molar-refractivity contribution in [2.75, 3.05) is 6.54 Å². The lowest BCUT2D eigenvalue weighted by Crippen LogP contribution is -2.42. The third-order valence-corrected chi connectivity index (χ3v) is 2.20. The third-order valence-electron chi connectivity index (χ3n) is 2.20. The van der Waals surface area contributed by atoms with E-state index in [9.17, 15) is 13.2 Å². The zero-order valence-corrected chi connectivity index (χ0v) is 9.53. The van der Waals surface area contributed by atoms with Gasteiger partial charge in [0, 0.05) is 19.2 Å². The van der Waals surface area contributed by atoms with E-state index in [-0.39, 0.29) is 6.54 Å². The molecule has 0 aliphatic carbocycles. The highest BCUT2D eigenvalue weighted by molar-refractivity contribution is 5.83. The van der Waals surface area contributed by atoms with Crippen molar-refractivity contribution in [3.63, 3.8) is 0 Å². The molecule has 1 aromatic heterocycles. The van der Waals surface area contributed by atoms with Gasteiger partial charge in [-0.2, -0.15) is 13.2 Å². The molecular formula is C9H13F3N4O2. The second kappa shape index (κ2) is 5.71. The SMILES string of the molecule is Cc1cc(CNCC(C(N)=NO)C(F)(F)F)no1. The van der Waals surface area contributed by atoms with Gasteiger partial charge in [0.2, 0.25) is 0 Å². The van der Waals surface area contributed by atoms with Crippen molar-refractivity contribution in [3.8, 4) is 0 Å². The van der Waals surface area contributed by atoms with Crippen LogP contribution >= 0.6 is 0 Å². The predicted molar refractivity (Wildman–Crippen MR) is 55.9 cm³/mol. The molecule has 0 amide bonds. The third kappa shape index (κ3) is 3.91. The van der Waals surface area contributed by atoms with Crippen LogP contribution < -0.4 is 11.1 Å². The first-order chi connectivity index (χ1) is 8.34. The number of hydrogen-bond acceptors (Lipinski definition) is 5. The predicted octanol–water partition coefficient (Wildman–Crippen LogP) is 0.998. The van der Waals surface area contributed by atoms with Crippen LogP contribution in [-0.4, -0.2) is 28.9 Å². The summed E-state index contributed by atoms with van der Waals surface area (Å²) in [7, 11) is 0. The number of nitrogens with two attached hydrogens (primary N) is 1. The molecule has 1 atom stereocenters. The van der Waals surface area contributed by atoms with Crippen LogP contribution in [0.15, 0.2) is 15.7 Å². The molecule has 18 heavy (non-hydrogen) atoms. The van der Waals surface area contributed by atoms with Crippen molar-refractivity contribution in [2.24, 2.45) is 16.8 Å². The van der Waals surface area contributed by atoms with Gasteiger partial charge < -0.3 is 20.8 Å². The monoisotopic (exact) mass is 266 g/mol. The molecule has 4 N–H and O–H groups in total. The Labute approximate surface area is 101 Å². The summed E-state index contributed by atoms with van der Waals surface area (Å²) in [6, 6.07) is 1.60. The van der Waals surface area contributed by atoms with Crippen molar-refractivity contribution in [2.45, 2.75) is 19.6 Å². The molecule has 9 heteroatoms. The molecule has 1 rings (SSSR count). The number of oxime groups is 1. The molecule has 1 unspecified atom stereocenters. The normalized spacial score (nSPS) is 14.8. The molecule has 0 saturated heterocycles. The Morgan fingerprint density at radius 1 is 1.67 bits per heavy atom. The average molecular weight is 266 g/mol. The lowest BCUT2D eigenvalue weighted by molar-refractivity contribution is -0.155. The molecule has 0 aliphatic heterocycles. The van der Waals surface area contributed by atoms with Crippen LogP contribution in [0, 0.1) is 12.8 Å². The van der Waals surface area contributed by atoms with Crippen LogP contribution in [0.25, 0.3) is 0 Å². The summed E-state index contributed by atoms with van der Waals surface area (Å²) in [4.78, 5) is 0. The summed E-state index contributed by atoms with van der Waals surface area (Å²) in [5.41, 5.74) is 5.47. The van der Waals surface area contributed by atoms with E-state index in [0.717, 1.165) is 0 Å². The smallest absolute Gasteiger partial charge is 0.400 e. The Bertz CT molecular complexity index is 416. The maximum Gasteiger partial charge on any atom is 0.400 e. The Kier molecular flexibility index (Phi) is 4.54. The second-order valence-electron chi connectivity index (χ2n) is 3.68. The Hall–Kier alpha value is -1.77. The van der Waals surface area contributed by atoms with Gasteiger partial charge in [0.05, 0.1) is 5.69 Å². The van der Waals surface area contributed by atoms with Crippen molar-refractivity contribution in [1.82, 2.24) is 10.5 Å². The molecule has 0 bridgehead atoms. The standard InChI is InChI=1S/C9H13F3N4O2/c1-5-2-6(16-18-5)3-14-4-7(8(13)15-17)9(10,11)12/h2,7,14,17H,3-4H2,1H3,(H2,13,15). The van der Waals surface area contributed by atoms with Gasteiger partial charge in [-0.05, 0) is 6.92 Å². The van der Waals surface area contributed by atoms with E-state index < -0.39 is 24.5 Å². The van der Waals surface area contributed by atoms with Gasteiger partial charge in [0.1, 0.15) is 11.7 Å². The number of nitrogens with one attached hydrogen (secondary N) is 1. The minimum Gasteiger partial charge on any atom is -0.409 e. The molecule has 1 aromatic rings. The van der Waals surface area contributed by atoms with Crippen LogP contribution in [0.3, 0.4) is 0 Å². The minimum absolute atomic E-state index is 0.0998. The summed E-state index contributed by atoms with van der Waals surface area (Å²) >= 11 is 0. The Morgan fingerprint density at radius 2 is 2.33 bits per heavy atom. The lowest BCUT2D eigenvalue weighted by Gasteiger charge is -2.18. The molecule has 0 spiro atoms. The van der Waals surface area contributed by atoms with Crippen LogP contribution in [0.2, 0.25) is 0 Å². The van der Waals surface area contributed by atoms with Gasteiger partial charge >= 0.3 is 6.18 Å². The number of aromatic nitrogens is 1. The molecule has 1 heterocycles. The van der Waals surface area contributed by atoms with E-state index in [1.165, 1.54) is 0 Å². The van der Waals surface area contributed by atoms with Crippen LogP contribution in [0.4, 0.5) is 13.2 Å². The van der Waals surface area contributed by atoms with Gasteiger partial charge in [-0.1, -0.05) is 10.3 Å². The van der Waals surface area contributed by atoms with Gasteiger partial charge in [-0.15, -0.1) is 0 Å². The van der Waals surface area contributed by atoms with Crippen LogP contribution in [0.1, 0.15) is 11.5 Å². The van der Waals surface area contributed by atoms with E-state index in [2.05, 4.69) is 15.6 Å². The highest BCUT2D eigenvalue weighted by atomic mass is 19.4. The van der Waals surface area contributed by atoms with Crippen molar-refractivity contribution in [3.05, 3.63) is 17.5 Å². The number of nitrogens with zero attached hydrogens (tertiary/aromatic N) is 2. The summed E-state index contributed by atoms with van der Waals surface area (Å²) in [6.45, 7) is 1.26. The Balaban J connectivity index is 2.53. The van der Waals surface area contributed by atoms with Gasteiger partial charge in [0.15, 0.2) is 5.84 Å². The number of amidine groups is 1. The van der Waals surface area contributed by atoms with Gasteiger partial charge in [0.25, 0.3) is 0 Å². The topological polar surface area (TPSA) is 96.7 Å². The molecule has 0 fully saturated rings.